The number of aliphatic hydroxyl groups is 1. The third-order valence-electron chi connectivity index (χ3n) is 2.31. The van der Waals surface area contributed by atoms with Crippen molar-refractivity contribution in [2.24, 2.45) is 0 Å². The summed E-state index contributed by atoms with van der Waals surface area (Å²) >= 11 is 0. The highest BCUT2D eigenvalue weighted by molar-refractivity contribution is 4.93. The first-order chi connectivity index (χ1) is 6.40. The average molecular weight is 183 g/mol. The summed E-state index contributed by atoms with van der Waals surface area (Å²) in [5, 5.41) is 19.6. The summed E-state index contributed by atoms with van der Waals surface area (Å²) < 4.78 is 5.27. The third kappa shape index (κ3) is 1.87. The van der Waals surface area contributed by atoms with Crippen molar-refractivity contribution in [2.75, 3.05) is 13.1 Å². The van der Waals surface area contributed by atoms with E-state index in [1.54, 1.807) is 0 Å². The van der Waals surface area contributed by atoms with Gasteiger partial charge >= 0.3 is 0 Å². The summed E-state index contributed by atoms with van der Waals surface area (Å²) in [7, 11) is 0. The van der Waals surface area contributed by atoms with Gasteiger partial charge in [-0.05, 0) is 25.9 Å². The Morgan fingerprint density at radius 3 is 2.77 bits per heavy atom. The van der Waals surface area contributed by atoms with Gasteiger partial charge in [0.05, 0.1) is 0 Å². The van der Waals surface area contributed by atoms with Crippen LogP contribution in [0.3, 0.4) is 0 Å². The molecule has 0 bridgehead atoms. The van der Waals surface area contributed by atoms with Crippen molar-refractivity contribution in [1.29, 1.82) is 0 Å². The van der Waals surface area contributed by atoms with Crippen LogP contribution in [0.15, 0.2) is 4.42 Å². The van der Waals surface area contributed by atoms with Gasteiger partial charge in [0.15, 0.2) is 0 Å². The molecule has 0 unspecified atom stereocenters. The van der Waals surface area contributed by atoms with Gasteiger partial charge in [-0.25, -0.2) is 0 Å². The predicted molar refractivity (Wildman–Crippen MR) is 45.1 cm³/mol. The van der Waals surface area contributed by atoms with Crippen LogP contribution < -0.4 is 5.32 Å². The van der Waals surface area contributed by atoms with Crippen LogP contribution in [-0.4, -0.2) is 28.4 Å². The topological polar surface area (TPSA) is 71.2 Å². The smallest absolute Gasteiger partial charge is 0.241 e. The second kappa shape index (κ2) is 3.85. The maximum absolute atomic E-state index is 8.74. The molecule has 0 atom stereocenters. The summed E-state index contributed by atoms with van der Waals surface area (Å²) in [5.74, 6) is 1.35. The van der Waals surface area contributed by atoms with Gasteiger partial charge in [0, 0.05) is 5.92 Å². The zero-order valence-electron chi connectivity index (χ0n) is 7.36. The van der Waals surface area contributed by atoms with E-state index in [0.717, 1.165) is 25.9 Å². The minimum atomic E-state index is -0.169. The van der Waals surface area contributed by atoms with Crippen LogP contribution in [0.25, 0.3) is 0 Å². The Bertz CT molecular complexity index is 268. The van der Waals surface area contributed by atoms with Crippen LogP contribution in [0.1, 0.15) is 30.5 Å². The van der Waals surface area contributed by atoms with E-state index in [4.69, 9.17) is 9.52 Å². The first-order valence-corrected chi connectivity index (χ1v) is 4.54. The Kier molecular flexibility index (Phi) is 2.56. The van der Waals surface area contributed by atoms with E-state index < -0.39 is 0 Å². The van der Waals surface area contributed by atoms with Gasteiger partial charge in [0.25, 0.3) is 0 Å². The molecule has 13 heavy (non-hydrogen) atoms. The molecule has 1 aliphatic rings. The minimum absolute atomic E-state index is 0.169. The van der Waals surface area contributed by atoms with Crippen molar-refractivity contribution in [3.8, 4) is 0 Å². The van der Waals surface area contributed by atoms with Gasteiger partial charge in [0.1, 0.15) is 6.61 Å². The Labute approximate surface area is 76.2 Å². The van der Waals surface area contributed by atoms with Gasteiger partial charge in [-0.1, -0.05) is 0 Å². The molecule has 0 saturated carbocycles. The average Bonchev–Trinajstić information content (AvgIpc) is 2.67. The molecule has 1 fully saturated rings. The van der Waals surface area contributed by atoms with E-state index in [0.29, 0.717) is 17.7 Å². The van der Waals surface area contributed by atoms with E-state index in [9.17, 15) is 0 Å². The fourth-order valence-corrected chi connectivity index (χ4v) is 1.56. The first kappa shape index (κ1) is 8.65. The number of hydrogen-bond acceptors (Lipinski definition) is 5. The molecule has 0 aliphatic carbocycles. The minimum Gasteiger partial charge on any atom is -0.422 e. The summed E-state index contributed by atoms with van der Waals surface area (Å²) in [4.78, 5) is 0. The lowest BCUT2D eigenvalue weighted by Crippen LogP contribution is -2.26. The Morgan fingerprint density at radius 1 is 1.38 bits per heavy atom. The number of nitrogens with one attached hydrogen (secondary N) is 1. The maximum Gasteiger partial charge on any atom is 0.241 e. The van der Waals surface area contributed by atoms with Crippen LogP contribution >= 0.6 is 0 Å². The van der Waals surface area contributed by atoms with Crippen LogP contribution in [0.2, 0.25) is 0 Å². The van der Waals surface area contributed by atoms with Gasteiger partial charge in [-0.2, -0.15) is 0 Å². The lowest BCUT2D eigenvalue weighted by Gasteiger charge is -2.18. The number of aromatic nitrogens is 2. The molecule has 0 radical (unpaired) electrons. The lowest BCUT2D eigenvalue weighted by atomic mass is 9.98. The highest BCUT2D eigenvalue weighted by Crippen LogP contribution is 2.23. The molecule has 72 valence electrons. The largest absolute Gasteiger partial charge is 0.422 e. The standard InChI is InChI=1S/C8H13N3O2/c12-5-7-10-11-8(13-7)6-1-3-9-4-2-6/h6,9,12H,1-5H2. The molecule has 1 aromatic rings. The SMILES string of the molecule is OCc1nnc(C2CCNCC2)o1. The van der Waals surface area contributed by atoms with Crippen molar-refractivity contribution in [1.82, 2.24) is 15.5 Å². The maximum atomic E-state index is 8.74. The molecular weight excluding hydrogens is 170 g/mol. The van der Waals surface area contributed by atoms with Crippen molar-refractivity contribution in [3.05, 3.63) is 11.8 Å². The highest BCUT2D eigenvalue weighted by atomic mass is 16.4. The summed E-state index contributed by atoms with van der Waals surface area (Å²) in [5.41, 5.74) is 0. The van der Waals surface area contributed by atoms with Gasteiger partial charge in [-0.15, -0.1) is 10.2 Å². The summed E-state index contributed by atoms with van der Waals surface area (Å²) in [6, 6.07) is 0. The summed E-state index contributed by atoms with van der Waals surface area (Å²) in [6.07, 6.45) is 2.07. The van der Waals surface area contributed by atoms with Gasteiger partial charge < -0.3 is 14.8 Å². The van der Waals surface area contributed by atoms with E-state index in [2.05, 4.69) is 15.5 Å². The highest BCUT2D eigenvalue weighted by Gasteiger charge is 2.20. The molecule has 5 heteroatoms. The molecule has 1 saturated heterocycles. The molecule has 0 spiro atoms. The number of hydrogen-bond donors (Lipinski definition) is 2. The Balaban J connectivity index is 2.05. The molecule has 0 amide bonds. The van der Waals surface area contributed by atoms with E-state index in [1.165, 1.54) is 0 Å². The quantitative estimate of drug-likeness (QED) is 0.676. The molecule has 2 rings (SSSR count). The fraction of sp³-hybridized carbons (Fsp3) is 0.750. The second-order valence-corrected chi connectivity index (χ2v) is 3.22. The van der Waals surface area contributed by atoms with E-state index in [-0.39, 0.29) is 6.61 Å². The molecule has 2 N–H and O–H groups in total. The lowest BCUT2D eigenvalue weighted by molar-refractivity contribution is 0.232. The van der Waals surface area contributed by atoms with Gasteiger partial charge in [-0.3, -0.25) is 0 Å². The number of rotatable bonds is 2. The van der Waals surface area contributed by atoms with Crippen LogP contribution in [0.5, 0.6) is 0 Å². The number of nitrogens with zero attached hydrogens (tertiary/aromatic N) is 2. The molecule has 1 aromatic heterocycles. The molecule has 2 heterocycles. The predicted octanol–water partition coefficient (Wildman–Crippen LogP) is 0.0289. The number of aliphatic hydroxyl groups excluding tert-OH is 1. The van der Waals surface area contributed by atoms with Crippen molar-refractivity contribution in [2.45, 2.75) is 25.4 Å². The van der Waals surface area contributed by atoms with Crippen LogP contribution in [0.4, 0.5) is 0 Å². The zero-order valence-corrected chi connectivity index (χ0v) is 7.36. The number of piperidine rings is 1. The van der Waals surface area contributed by atoms with Crippen molar-refractivity contribution < 1.29 is 9.52 Å². The van der Waals surface area contributed by atoms with E-state index >= 15 is 0 Å². The fourth-order valence-electron chi connectivity index (χ4n) is 1.56. The van der Waals surface area contributed by atoms with Crippen molar-refractivity contribution >= 4 is 0 Å². The molecule has 1 aliphatic heterocycles. The van der Waals surface area contributed by atoms with E-state index in [1.807, 2.05) is 0 Å². The second-order valence-electron chi connectivity index (χ2n) is 3.22. The molecular formula is C8H13N3O2. The monoisotopic (exact) mass is 183 g/mol. The zero-order chi connectivity index (χ0) is 9.10. The third-order valence-corrected chi connectivity index (χ3v) is 2.31. The van der Waals surface area contributed by atoms with Gasteiger partial charge in [0.2, 0.25) is 11.8 Å². The summed E-state index contributed by atoms with van der Waals surface area (Å²) in [6.45, 7) is 1.83. The van der Waals surface area contributed by atoms with Crippen LogP contribution in [-0.2, 0) is 6.61 Å². The normalized spacial score (nSPS) is 19.2. The van der Waals surface area contributed by atoms with Crippen LogP contribution in [0, 0.1) is 0 Å². The first-order valence-electron chi connectivity index (χ1n) is 4.54. The Hall–Kier alpha value is -0.940. The Morgan fingerprint density at radius 2 is 2.15 bits per heavy atom. The molecule has 0 aromatic carbocycles. The molecule has 5 nitrogen and oxygen atoms in total. The van der Waals surface area contributed by atoms with Crippen molar-refractivity contribution in [3.63, 3.8) is 0 Å².